The van der Waals surface area contributed by atoms with Crippen LogP contribution in [0, 0.1) is 0 Å². The van der Waals surface area contributed by atoms with Crippen molar-refractivity contribution < 1.29 is 10.2 Å². The highest BCUT2D eigenvalue weighted by molar-refractivity contribution is 5.46. The molecule has 0 aromatic heterocycles. The molecule has 2 aromatic carbocycles. The smallest absolute Gasteiger partial charge is 0.119 e. The molecule has 1 saturated heterocycles. The van der Waals surface area contributed by atoms with Crippen LogP contribution in [0.15, 0.2) is 48.5 Å². The number of hydrogen-bond acceptors (Lipinski definition) is 3. The Kier molecular flexibility index (Phi) is 4.64. The third-order valence-electron chi connectivity index (χ3n) is 4.56. The van der Waals surface area contributed by atoms with E-state index in [0.29, 0.717) is 17.5 Å². The maximum Gasteiger partial charge on any atom is 0.119 e. The van der Waals surface area contributed by atoms with Crippen LogP contribution in [0.4, 0.5) is 0 Å². The van der Waals surface area contributed by atoms with E-state index in [-0.39, 0.29) is 5.92 Å². The van der Waals surface area contributed by atoms with E-state index in [4.69, 9.17) is 0 Å². The van der Waals surface area contributed by atoms with Crippen molar-refractivity contribution in [2.24, 2.45) is 0 Å². The van der Waals surface area contributed by atoms with Gasteiger partial charge in [-0.15, -0.1) is 0 Å². The fourth-order valence-corrected chi connectivity index (χ4v) is 3.40. The number of nitrogens with one attached hydrogen (secondary N) is 1. The lowest BCUT2D eigenvalue weighted by Crippen LogP contribution is -2.35. The molecule has 22 heavy (non-hydrogen) atoms. The molecule has 0 spiro atoms. The van der Waals surface area contributed by atoms with Gasteiger partial charge < -0.3 is 15.5 Å². The van der Waals surface area contributed by atoms with Gasteiger partial charge in [0.05, 0.1) is 0 Å². The summed E-state index contributed by atoms with van der Waals surface area (Å²) in [6, 6.07) is 15.3. The van der Waals surface area contributed by atoms with E-state index in [9.17, 15) is 10.2 Å². The maximum absolute atomic E-state index is 10.3. The van der Waals surface area contributed by atoms with Gasteiger partial charge in [-0.05, 0) is 37.9 Å². The predicted molar refractivity (Wildman–Crippen MR) is 88.3 cm³/mol. The van der Waals surface area contributed by atoms with E-state index < -0.39 is 0 Å². The van der Waals surface area contributed by atoms with Crippen LogP contribution in [0.5, 0.6) is 11.5 Å². The first-order valence-corrected chi connectivity index (χ1v) is 8.05. The molecule has 0 amide bonds. The summed E-state index contributed by atoms with van der Waals surface area (Å²) in [7, 11) is 0. The van der Waals surface area contributed by atoms with Crippen LogP contribution in [0.1, 0.15) is 42.7 Å². The summed E-state index contributed by atoms with van der Waals surface area (Å²) in [6.45, 7) is 1.05. The van der Waals surface area contributed by atoms with Crippen LogP contribution in [0.2, 0.25) is 0 Å². The minimum Gasteiger partial charge on any atom is -0.508 e. The van der Waals surface area contributed by atoms with Gasteiger partial charge in [-0.3, -0.25) is 0 Å². The van der Waals surface area contributed by atoms with Gasteiger partial charge in [0, 0.05) is 23.1 Å². The second-order valence-electron chi connectivity index (χ2n) is 6.05. The third-order valence-corrected chi connectivity index (χ3v) is 4.56. The first-order valence-electron chi connectivity index (χ1n) is 8.05. The fourth-order valence-electron chi connectivity index (χ4n) is 3.40. The number of rotatable bonds is 4. The zero-order valence-corrected chi connectivity index (χ0v) is 12.7. The zero-order chi connectivity index (χ0) is 15.4. The molecule has 3 nitrogen and oxygen atoms in total. The molecule has 1 heterocycles. The first-order chi connectivity index (χ1) is 10.8. The summed E-state index contributed by atoms with van der Waals surface area (Å²) >= 11 is 0. The number of aromatic hydroxyl groups is 2. The number of phenols is 2. The number of piperidine rings is 1. The predicted octanol–water partition coefficient (Wildman–Crippen LogP) is 3.76. The number of benzene rings is 2. The second-order valence-corrected chi connectivity index (χ2v) is 6.05. The normalized spacial score (nSPS) is 18.5. The lowest BCUT2D eigenvalue weighted by atomic mass is 9.83. The molecule has 3 heteroatoms. The molecular formula is C19H23NO2. The van der Waals surface area contributed by atoms with Crippen LogP contribution in [-0.2, 0) is 0 Å². The summed E-state index contributed by atoms with van der Waals surface area (Å²) in [5, 5.41) is 24.1. The highest BCUT2D eigenvalue weighted by Gasteiger charge is 2.25. The molecule has 0 radical (unpaired) electrons. The molecule has 0 saturated carbocycles. The van der Waals surface area contributed by atoms with Crippen molar-refractivity contribution in [1.29, 1.82) is 0 Å². The molecule has 2 aromatic rings. The molecule has 1 unspecified atom stereocenters. The van der Waals surface area contributed by atoms with E-state index in [2.05, 4.69) is 5.32 Å². The van der Waals surface area contributed by atoms with Crippen LogP contribution in [0.25, 0.3) is 0 Å². The molecule has 1 aliphatic heterocycles. The Labute approximate surface area is 131 Å². The Morgan fingerprint density at radius 1 is 0.909 bits per heavy atom. The van der Waals surface area contributed by atoms with Crippen molar-refractivity contribution >= 4 is 0 Å². The minimum absolute atomic E-state index is 0.00185. The van der Waals surface area contributed by atoms with Gasteiger partial charge >= 0.3 is 0 Å². The fraction of sp³-hybridized carbons (Fsp3) is 0.368. The summed E-state index contributed by atoms with van der Waals surface area (Å²) in [4.78, 5) is 0. The van der Waals surface area contributed by atoms with Crippen LogP contribution in [-0.4, -0.2) is 22.8 Å². The summed E-state index contributed by atoms with van der Waals surface area (Å²) in [6.07, 6.45) is 4.51. The van der Waals surface area contributed by atoms with E-state index >= 15 is 0 Å². The van der Waals surface area contributed by atoms with Crippen molar-refractivity contribution in [3.05, 3.63) is 59.7 Å². The molecule has 3 N–H and O–H groups in total. The van der Waals surface area contributed by atoms with Crippen molar-refractivity contribution in [1.82, 2.24) is 5.32 Å². The average molecular weight is 297 g/mol. The Balaban J connectivity index is 1.95. The quantitative estimate of drug-likeness (QED) is 0.805. The first kappa shape index (κ1) is 14.9. The zero-order valence-electron chi connectivity index (χ0n) is 12.7. The number of para-hydroxylation sites is 2. The monoisotopic (exact) mass is 297 g/mol. The van der Waals surface area contributed by atoms with Crippen LogP contribution >= 0.6 is 0 Å². The molecule has 1 fully saturated rings. The average Bonchev–Trinajstić information content (AvgIpc) is 2.55. The van der Waals surface area contributed by atoms with Crippen molar-refractivity contribution in [3.8, 4) is 11.5 Å². The van der Waals surface area contributed by atoms with Crippen molar-refractivity contribution in [3.63, 3.8) is 0 Å². The van der Waals surface area contributed by atoms with Crippen molar-refractivity contribution in [2.75, 3.05) is 6.54 Å². The lowest BCUT2D eigenvalue weighted by Gasteiger charge is -2.29. The third kappa shape index (κ3) is 3.25. The highest BCUT2D eigenvalue weighted by Crippen LogP contribution is 2.39. The SMILES string of the molecule is Oc1ccccc1C(CC1CCCCN1)c1ccccc1O. The summed E-state index contributed by atoms with van der Waals surface area (Å²) in [5.41, 5.74) is 1.77. The molecule has 0 bridgehead atoms. The van der Waals surface area contributed by atoms with Gasteiger partial charge in [-0.1, -0.05) is 42.8 Å². The number of hydrogen-bond donors (Lipinski definition) is 3. The van der Waals surface area contributed by atoms with Crippen LogP contribution in [0.3, 0.4) is 0 Å². The van der Waals surface area contributed by atoms with E-state index in [1.807, 2.05) is 36.4 Å². The molecule has 3 rings (SSSR count). The van der Waals surface area contributed by atoms with E-state index in [0.717, 1.165) is 30.5 Å². The Morgan fingerprint density at radius 3 is 2.00 bits per heavy atom. The second kappa shape index (κ2) is 6.84. The Hall–Kier alpha value is -2.00. The molecule has 1 atom stereocenters. The number of phenolic OH excluding ortho intramolecular Hbond substituents is 2. The van der Waals surface area contributed by atoms with Gasteiger partial charge in [0.2, 0.25) is 0 Å². The Bertz CT molecular complexity index is 575. The van der Waals surface area contributed by atoms with Crippen molar-refractivity contribution in [2.45, 2.75) is 37.6 Å². The lowest BCUT2D eigenvalue weighted by molar-refractivity contribution is 0.364. The van der Waals surface area contributed by atoms with Gasteiger partial charge in [-0.2, -0.15) is 0 Å². The molecular weight excluding hydrogens is 274 g/mol. The standard InChI is InChI=1S/C19H23NO2/c21-18-10-3-1-8-15(18)17(13-14-7-5-6-12-20-14)16-9-2-4-11-19(16)22/h1-4,8-11,14,17,20-22H,5-7,12-13H2. The summed E-state index contributed by atoms with van der Waals surface area (Å²) in [5.74, 6) is 0.594. The van der Waals surface area contributed by atoms with Gasteiger partial charge in [0.15, 0.2) is 0 Å². The topological polar surface area (TPSA) is 52.5 Å². The molecule has 1 aliphatic rings. The van der Waals surface area contributed by atoms with Gasteiger partial charge in [0.1, 0.15) is 11.5 Å². The minimum atomic E-state index is -0.00185. The molecule has 116 valence electrons. The van der Waals surface area contributed by atoms with Gasteiger partial charge in [0.25, 0.3) is 0 Å². The van der Waals surface area contributed by atoms with Gasteiger partial charge in [-0.25, -0.2) is 0 Å². The Morgan fingerprint density at radius 2 is 1.50 bits per heavy atom. The molecule has 0 aliphatic carbocycles. The van der Waals surface area contributed by atoms with E-state index in [1.54, 1.807) is 12.1 Å². The summed E-state index contributed by atoms with van der Waals surface area (Å²) < 4.78 is 0. The maximum atomic E-state index is 10.3. The van der Waals surface area contributed by atoms with Crippen LogP contribution < -0.4 is 5.32 Å². The largest absolute Gasteiger partial charge is 0.508 e. The van der Waals surface area contributed by atoms with E-state index in [1.165, 1.54) is 12.8 Å². The highest BCUT2D eigenvalue weighted by atomic mass is 16.3.